The minimum atomic E-state index is -0.0667. The lowest BCUT2D eigenvalue weighted by atomic mass is 10.0. The van der Waals surface area contributed by atoms with Crippen molar-refractivity contribution in [2.24, 2.45) is 0 Å². The molecule has 0 heterocycles. The fourth-order valence-electron chi connectivity index (χ4n) is 2.97. The molecule has 0 bridgehead atoms. The molecule has 4 heteroatoms. The number of methoxy groups -OCH3 is 1. The molecule has 0 saturated carbocycles. The number of carbonyl (C=O) groups is 1. The number of benzene rings is 2. The van der Waals surface area contributed by atoms with E-state index >= 15 is 0 Å². The molecule has 0 fully saturated rings. The maximum absolute atomic E-state index is 12.5. The van der Waals surface area contributed by atoms with Crippen molar-refractivity contribution in [3.05, 3.63) is 59.2 Å². The number of hydrogen-bond donors (Lipinski definition) is 0. The zero-order chi connectivity index (χ0) is 21.4. The SMILES string of the molecule is CCCc1c(OC(C)C)cc(C=CC(=O)c2ccc(OC)cc2)cc1OC(C)C. The predicted octanol–water partition coefficient (Wildman–Crippen LogP) is 6.12. The molecular formula is C25H32O4. The molecule has 4 nitrogen and oxygen atoms in total. The van der Waals surface area contributed by atoms with Gasteiger partial charge in [-0.25, -0.2) is 0 Å². The van der Waals surface area contributed by atoms with Crippen molar-refractivity contribution in [2.75, 3.05) is 7.11 Å². The molecule has 0 amide bonds. The highest BCUT2D eigenvalue weighted by molar-refractivity contribution is 6.06. The summed E-state index contributed by atoms with van der Waals surface area (Å²) in [6.07, 6.45) is 5.36. The maximum Gasteiger partial charge on any atom is 0.185 e. The monoisotopic (exact) mass is 396 g/mol. The summed E-state index contributed by atoms with van der Waals surface area (Å²) in [7, 11) is 1.60. The highest BCUT2D eigenvalue weighted by Crippen LogP contribution is 2.34. The first kappa shape index (κ1) is 22.5. The molecule has 2 rings (SSSR count). The van der Waals surface area contributed by atoms with Crippen LogP contribution in [0.2, 0.25) is 0 Å². The molecule has 0 aliphatic carbocycles. The largest absolute Gasteiger partial charge is 0.497 e. The predicted molar refractivity (Wildman–Crippen MR) is 118 cm³/mol. The molecule has 0 radical (unpaired) electrons. The second-order valence-corrected chi connectivity index (χ2v) is 7.51. The Morgan fingerprint density at radius 2 is 1.52 bits per heavy atom. The molecule has 0 atom stereocenters. The standard InChI is InChI=1S/C25H32O4/c1-7-8-22-24(28-17(2)3)15-19(16-25(22)29-18(4)5)9-14-23(26)20-10-12-21(27-6)13-11-20/h9-18H,7-8H2,1-6H3. The van der Waals surface area contributed by atoms with E-state index in [4.69, 9.17) is 14.2 Å². The average Bonchev–Trinajstić information content (AvgIpc) is 2.67. The summed E-state index contributed by atoms with van der Waals surface area (Å²) in [6.45, 7) is 10.2. The lowest BCUT2D eigenvalue weighted by molar-refractivity contribution is 0.104. The van der Waals surface area contributed by atoms with E-state index in [1.54, 1.807) is 37.5 Å². The van der Waals surface area contributed by atoms with Gasteiger partial charge in [-0.2, -0.15) is 0 Å². The van der Waals surface area contributed by atoms with Crippen molar-refractivity contribution in [3.8, 4) is 17.2 Å². The van der Waals surface area contributed by atoms with E-state index in [1.165, 1.54) is 0 Å². The maximum atomic E-state index is 12.5. The molecule has 0 aliphatic rings. The van der Waals surface area contributed by atoms with Gasteiger partial charge in [-0.1, -0.05) is 19.4 Å². The summed E-state index contributed by atoms with van der Waals surface area (Å²) < 4.78 is 17.3. The first-order valence-corrected chi connectivity index (χ1v) is 10.2. The third-order valence-electron chi connectivity index (χ3n) is 4.22. The van der Waals surface area contributed by atoms with E-state index in [-0.39, 0.29) is 18.0 Å². The minimum Gasteiger partial charge on any atom is -0.497 e. The van der Waals surface area contributed by atoms with Gasteiger partial charge in [0.1, 0.15) is 17.2 Å². The second-order valence-electron chi connectivity index (χ2n) is 7.51. The number of ether oxygens (including phenoxy) is 3. The van der Waals surface area contributed by atoms with Crippen molar-refractivity contribution >= 4 is 11.9 Å². The van der Waals surface area contributed by atoms with Crippen LogP contribution in [-0.2, 0) is 6.42 Å². The number of carbonyl (C=O) groups excluding carboxylic acids is 1. The molecule has 2 aromatic carbocycles. The number of rotatable bonds is 10. The molecule has 29 heavy (non-hydrogen) atoms. The van der Waals surface area contributed by atoms with Gasteiger partial charge in [0.15, 0.2) is 5.78 Å². The van der Waals surface area contributed by atoms with E-state index in [0.717, 1.165) is 41.2 Å². The van der Waals surface area contributed by atoms with Crippen molar-refractivity contribution in [2.45, 2.75) is 59.7 Å². The van der Waals surface area contributed by atoms with Gasteiger partial charge in [0, 0.05) is 11.1 Å². The molecule has 0 unspecified atom stereocenters. The Bertz CT molecular complexity index is 801. The second kappa shape index (κ2) is 10.7. The van der Waals surface area contributed by atoms with Crippen LogP contribution in [0.4, 0.5) is 0 Å². The van der Waals surface area contributed by atoms with Crippen LogP contribution in [0.3, 0.4) is 0 Å². The van der Waals surface area contributed by atoms with Gasteiger partial charge in [-0.15, -0.1) is 0 Å². The molecule has 2 aromatic rings. The lowest BCUT2D eigenvalue weighted by Gasteiger charge is -2.20. The first-order valence-electron chi connectivity index (χ1n) is 10.2. The average molecular weight is 397 g/mol. The highest BCUT2D eigenvalue weighted by atomic mass is 16.5. The van der Waals surface area contributed by atoms with E-state index in [1.807, 2.05) is 45.9 Å². The Morgan fingerprint density at radius 3 is 1.97 bits per heavy atom. The fraction of sp³-hybridized carbons (Fsp3) is 0.400. The summed E-state index contributed by atoms with van der Waals surface area (Å²) >= 11 is 0. The van der Waals surface area contributed by atoms with Crippen LogP contribution in [-0.4, -0.2) is 25.1 Å². The first-order chi connectivity index (χ1) is 13.8. The van der Waals surface area contributed by atoms with E-state index in [9.17, 15) is 4.79 Å². The van der Waals surface area contributed by atoms with E-state index in [0.29, 0.717) is 5.56 Å². The van der Waals surface area contributed by atoms with Gasteiger partial charge in [-0.3, -0.25) is 4.79 Å². The van der Waals surface area contributed by atoms with Gasteiger partial charge in [0.05, 0.1) is 19.3 Å². The molecule has 0 aromatic heterocycles. The molecular weight excluding hydrogens is 364 g/mol. The van der Waals surface area contributed by atoms with Crippen molar-refractivity contribution in [1.82, 2.24) is 0 Å². The van der Waals surface area contributed by atoms with Crippen LogP contribution < -0.4 is 14.2 Å². The molecule has 156 valence electrons. The zero-order valence-corrected chi connectivity index (χ0v) is 18.3. The number of allylic oxidation sites excluding steroid dienone is 1. The van der Waals surface area contributed by atoms with Gasteiger partial charge in [0.25, 0.3) is 0 Å². The van der Waals surface area contributed by atoms with Crippen LogP contribution in [0.25, 0.3) is 6.08 Å². The smallest absolute Gasteiger partial charge is 0.185 e. The van der Waals surface area contributed by atoms with E-state index in [2.05, 4.69) is 6.92 Å². The summed E-state index contributed by atoms with van der Waals surface area (Å²) in [5.41, 5.74) is 2.56. The molecule has 0 aliphatic heterocycles. The summed E-state index contributed by atoms with van der Waals surface area (Å²) in [4.78, 5) is 12.5. The normalized spacial score (nSPS) is 11.3. The van der Waals surface area contributed by atoms with Crippen molar-refractivity contribution in [3.63, 3.8) is 0 Å². The zero-order valence-electron chi connectivity index (χ0n) is 18.3. The summed E-state index contributed by atoms with van der Waals surface area (Å²) in [6, 6.07) is 11.0. The molecule has 0 spiro atoms. The quantitative estimate of drug-likeness (QED) is 0.358. The van der Waals surface area contributed by atoms with Crippen LogP contribution in [0, 0.1) is 0 Å². The van der Waals surface area contributed by atoms with Crippen LogP contribution in [0.5, 0.6) is 17.2 Å². The lowest BCUT2D eigenvalue weighted by Crippen LogP contribution is -2.12. The molecule has 0 saturated heterocycles. The van der Waals surface area contributed by atoms with Crippen LogP contribution in [0.15, 0.2) is 42.5 Å². The molecule has 0 N–H and O–H groups in total. The van der Waals surface area contributed by atoms with Gasteiger partial charge < -0.3 is 14.2 Å². The Labute approximate surface area is 174 Å². The van der Waals surface area contributed by atoms with Gasteiger partial charge in [-0.05, 0) is 82.2 Å². The Kier molecular flexibility index (Phi) is 8.32. The van der Waals surface area contributed by atoms with Crippen LogP contribution in [0.1, 0.15) is 62.5 Å². The minimum absolute atomic E-state index is 0.0534. The van der Waals surface area contributed by atoms with Crippen molar-refractivity contribution in [1.29, 1.82) is 0 Å². The fourth-order valence-corrected chi connectivity index (χ4v) is 2.97. The van der Waals surface area contributed by atoms with E-state index < -0.39 is 0 Å². The van der Waals surface area contributed by atoms with Gasteiger partial charge >= 0.3 is 0 Å². The van der Waals surface area contributed by atoms with Crippen LogP contribution >= 0.6 is 0 Å². The Hall–Kier alpha value is -2.75. The Balaban J connectivity index is 2.36. The number of ketones is 1. The van der Waals surface area contributed by atoms with Crippen molar-refractivity contribution < 1.29 is 19.0 Å². The number of hydrogen-bond acceptors (Lipinski definition) is 4. The highest BCUT2D eigenvalue weighted by Gasteiger charge is 2.15. The third-order valence-corrected chi connectivity index (χ3v) is 4.22. The summed E-state index contributed by atoms with van der Waals surface area (Å²) in [5, 5.41) is 0. The summed E-state index contributed by atoms with van der Waals surface area (Å²) in [5.74, 6) is 2.29. The topological polar surface area (TPSA) is 44.8 Å². The third kappa shape index (κ3) is 6.67. The van der Waals surface area contributed by atoms with Gasteiger partial charge in [0.2, 0.25) is 0 Å². The Morgan fingerprint density at radius 1 is 0.966 bits per heavy atom.